The number of alkyl halides is 3. The van der Waals surface area contributed by atoms with Crippen LogP contribution in [0.1, 0.15) is 21.5 Å². The molecule has 10 heteroatoms. The van der Waals surface area contributed by atoms with Gasteiger partial charge in [-0.25, -0.2) is 0 Å². The molecular weight excluding hydrogens is 449 g/mol. The molecule has 2 heterocycles. The van der Waals surface area contributed by atoms with E-state index in [1.807, 2.05) is 35.2 Å². The van der Waals surface area contributed by atoms with E-state index >= 15 is 0 Å². The van der Waals surface area contributed by atoms with E-state index in [0.717, 1.165) is 22.5 Å². The molecule has 4 rings (SSSR count). The van der Waals surface area contributed by atoms with Crippen LogP contribution in [0.4, 0.5) is 13.2 Å². The summed E-state index contributed by atoms with van der Waals surface area (Å²) in [6.45, 7) is 1.67. The van der Waals surface area contributed by atoms with Gasteiger partial charge in [0.1, 0.15) is 0 Å². The zero-order valence-corrected chi connectivity index (χ0v) is 18.0. The Morgan fingerprint density at radius 1 is 0.903 bits per heavy atom. The lowest BCUT2D eigenvalue weighted by molar-refractivity contribution is -0.138. The first kappa shape index (κ1) is 23.1. The van der Waals surface area contributed by atoms with Gasteiger partial charge in [-0.1, -0.05) is 54.2 Å². The molecule has 2 aromatic carbocycles. The van der Waals surface area contributed by atoms with E-state index in [9.17, 15) is 18.0 Å². The average molecular weight is 469 g/mol. The van der Waals surface area contributed by atoms with Crippen molar-refractivity contribution in [1.82, 2.24) is 9.80 Å². The van der Waals surface area contributed by atoms with Crippen molar-refractivity contribution in [3.05, 3.63) is 71.3 Å². The van der Waals surface area contributed by atoms with Crippen molar-refractivity contribution >= 4 is 41.0 Å². The van der Waals surface area contributed by atoms with Gasteiger partial charge in [0.25, 0.3) is 5.91 Å². The number of carbonyl (C=O) groups is 1. The zero-order valence-electron chi connectivity index (χ0n) is 16.4. The number of thioether (sulfide) groups is 1. The summed E-state index contributed by atoms with van der Waals surface area (Å²) in [6.07, 6.45) is -4.56. The number of hydrogen-bond donors (Lipinski definition) is 0. The van der Waals surface area contributed by atoms with Gasteiger partial charge in [0.15, 0.2) is 5.17 Å². The second-order valence-electron chi connectivity index (χ2n) is 6.91. The molecule has 0 saturated carbocycles. The fourth-order valence-corrected chi connectivity index (χ4v) is 4.36. The second kappa shape index (κ2) is 9.74. The summed E-state index contributed by atoms with van der Waals surface area (Å²) in [5.74, 6) is 0.103. The van der Waals surface area contributed by atoms with Crippen molar-refractivity contribution in [2.75, 3.05) is 31.9 Å². The Balaban J connectivity index is 0.00000272. The van der Waals surface area contributed by atoms with E-state index in [-0.39, 0.29) is 18.0 Å². The third kappa shape index (κ3) is 5.22. The molecule has 2 aliphatic rings. The van der Waals surface area contributed by atoms with E-state index < -0.39 is 17.6 Å². The molecule has 0 aliphatic carbocycles. The molecule has 1 amide bonds. The number of nitrogens with zero attached hydrogens (tertiary/aromatic N) is 4. The maximum atomic E-state index is 13.2. The first-order valence-corrected chi connectivity index (χ1v) is 10.5. The topological polar surface area (TPSA) is 48.3 Å². The Hall–Kier alpha value is -2.52. The predicted octanol–water partition coefficient (Wildman–Crippen LogP) is 4.39. The van der Waals surface area contributed by atoms with Crippen LogP contribution in [0.15, 0.2) is 64.8 Å². The zero-order chi connectivity index (χ0) is 21.1. The largest absolute Gasteiger partial charge is 0.417 e. The smallest absolute Gasteiger partial charge is 0.346 e. The monoisotopic (exact) mass is 468 g/mol. The van der Waals surface area contributed by atoms with Crippen LogP contribution in [0, 0.1) is 0 Å². The van der Waals surface area contributed by atoms with Gasteiger partial charge < -0.3 is 9.80 Å². The minimum Gasteiger partial charge on any atom is -0.346 e. The number of piperazine rings is 1. The maximum Gasteiger partial charge on any atom is 0.417 e. The Morgan fingerprint density at radius 2 is 1.55 bits per heavy atom. The third-order valence-corrected chi connectivity index (χ3v) is 6.02. The standard InChI is InChI=1S/C21H19F3N4OS.ClH/c22-21(23,24)17-9-5-4-8-16(17)19(29)27-10-12-28(13-11-27)20-26-25-18(14-30-20)15-6-2-1-3-7-15;/h1-9H,10-14H2;1H. The summed E-state index contributed by atoms with van der Waals surface area (Å²) in [4.78, 5) is 16.2. The molecule has 0 spiro atoms. The SMILES string of the molecule is Cl.O=C(c1ccccc1C(F)(F)F)N1CCN(C2=NN=C(c3ccccc3)CS2)CC1. The van der Waals surface area contributed by atoms with E-state index in [0.29, 0.717) is 31.9 Å². The number of amides is 1. The highest BCUT2D eigenvalue weighted by molar-refractivity contribution is 8.14. The summed E-state index contributed by atoms with van der Waals surface area (Å²) in [7, 11) is 0. The molecule has 31 heavy (non-hydrogen) atoms. The average Bonchev–Trinajstić information content (AvgIpc) is 2.79. The number of amidine groups is 1. The molecule has 5 nitrogen and oxygen atoms in total. The minimum absolute atomic E-state index is 0. The van der Waals surface area contributed by atoms with Crippen LogP contribution in [0.5, 0.6) is 0 Å². The van der Waals surface area contributed by atoms with Crippen molar-refractivity contribution < 1.29 is 18.0 Å². The van der Waals surface area contributed by atoms with Crippen molar-refractivity contribution in [2.24, 2.45) is 10.2 Å². The first-order valence-electron chi connectivity index (χ1n) is 9.46. The van der Waals surface area contributed by atoms with Crippen molar-refractivity contribution in [1.29, 1.82) is 0 Å². The number of benzene rings is 2. The highest BCUT2D eigenvalue weighted by atomic mass is 35.5. The molecule has 0 radical (unpaired) electrons. The van der Waals surface area contributed by atoms with Gasteiger partial charge >= 0.3 is 6.18 Å². The summed E-state index contributed by atoms with van der Waals surface area (Å²) in [6, 6.07) is 14.8. The van der Waals surface area contributed by atoms with E-state index in [1.165, 1.54) is 23.1 Å². The molecule has 0 aromatic heterocycles. The van der Waals surface area contributed by atoms with Gasteiger partial charge in [-0.2, -0.15) is 18.3 Å². The Morgan fingerprint density at radius 3 is 2.16 bits per heavy atom. The fraction of sp³-hybridized carbons (Fsp3) is 0.286. The van der Waals surface area contributed by atoms with Crippen LogP contribution in [-0.4, -0.2) is 58.5 Å². The quantitative estimate of drug-likeness (QED) is 0.656. The maximum absolute atomic E-state index is 13.2. The number of halogens is 4. The molecule has 1 fully saturated rings. The van der Waals surface area contributed by atoms with Crippen LogP contribution < -0.4 is 0 Å². The summed E-state index contributed by atoms with van der Waals surface area (Å²) >= 11 is 1.58. The van der Waals surface area contributed by atoms with E-state index in [4.69, 9.17) is 0 Å². The van der Waals surface area contributed by atoms with Crippen LogP contribution >= 0.6 is 24.2 Å². The van der Waals surface area contributed by atoms with Crippen LogP contribution in [0.25, 0.3) is 0 Å². The van der Waals surface area contributed by atoms with Crippen LogP contribution in [0.2, 0.25) is 0 Å². The highest BCUT2D eigenvalue weighted by Crippen LogP contribution is 2.32. The number of rotatable bonds is 2. The molecule has 164 valence electrons. The van der Waals surface area contributed by atoms with E-state index in [2.05, 4.69) is 10.2 Å². The normalized spacial score (nSPS) is 16.9. The molecule has 2 aromatic rings. The Kier molecular flexibility index (Phi) is 7.27. The first-order chi connectivity index (χ1) is 14.4. The van der Waals surface area contributed by atoms with Crippen molar-refractivity contribution in [2.45, 2.75) is 6.18 Å². The van der Waals surface area contributed by atoms with Gasteiger partial charge in [0, 0.05) is 31.9 Å². The van der Waals surface area contributed by atoms with Crippen LogP contribution in [-0.2, 0) is 6.18 Å². The second-order valence-corrected chi connectivity index (χ2v) is 7.85. The molecule has 1 saturated heterocycles. The molecular formula is C21H20ClF3N4OS. The molecule has 0 atom stereocenters. The lowest BCUT2D eigenvalue weighted by atomic mass is 10.1. The van der Waals surface area contributed by atoms with Crippen molar-refractivity contribution in [3.8, 4) is 0 Å². The van der Waals surface area contributed by atoms with Crippen molar-refractivity contribution in [3.63, 3.8) is 0 Å². The lowest BCUT2D eigenvalue weighted by Gasteiger charge is -2.36. The van der Waals surface area contributed by atoms with Gasteiger partial charge in [-0.3, -0.25) is 4.79 Å². The molecule has 0 N–H and O–H groups in total. The number of carbonyl (C=O) groups excluding carboxylic acids is 1. The predicted molar refractivity (Wildman–Crippen MR) is 119 cm³/mol. The Bertz CT molecular complexity index is 990. The summed E-state index contributed by atoms with van der Waals surface area (Å²) < 4.78 is 39.7. The third-order valence-electron chi connectivity index (χ3n) is 5.00. The number of hydrogen-bond acceptors (Lipinski definition) is 5. The van der Waals surface area contributed by atoms with Gasteiger partial charge in [0.05, 0.1) is 16.8 Å². The van der Waals surface area contributed by atoms with Gasteiger partial charge in [-0.15, -0.1) is 17.5 Å². The summed E-state index contributed by atoms with van der Waals surface area (Å²) in [5.41, 5.74) is 0.737. The van der Waals surface area contributed by atoms with E-state index in [1.54, 1.807) is 11.8 Å². The molecule has 0 bridgehead atoms. The van der Waals surface area contributed by atoms with Gasteiger partial charge in [-0.05, 0) is 17.7 Å². The fourth-order valence-electron chi connectivity index (χ4n) is 3.41. The summed E-state index contributed by atoms with van der Waals surface area (Å²) in [5, 5.41) is 9.44. The lowest BCUT2D eigenvalue weighted by Crippen LogP contribution is -2.50. The minimum atomic E-state index is -4.56. The molecule has 2 aliphatic heterocycles. The Labute approximate surface area is 188 Å². The molecule has 0 unspecified atom stereocenters. The highest BCUT2D eigenvalue weighted by Gasteiger charge is 2.36. The van der Waals surface area contributed by atoms with Gasteiger partial charge in [0.2, 0.25) is 0 Å². The van der Waals surface area contributed by atoms with Crippen LogP contribution in [0.3, 0.4) is 0 Å².